The van der Waals surface area contributed by atoms with E-state index in [4.69, 9.17) is 4.52 Å². The number of benzene rings is 1. The van der Waals surface area contributed by atoms with E-state index < -0.39 is 0 Å². The summed E-state index contributed by atoms with van der Waals surface area (Å²) in [6.45, 7) is 6.04. The van der Waals surface area contributed by atoms with Crippen molar-refractivity contribution in [2.24, 2.45) is 0 Å². The molecule has 2 heterocycles. The molecule has 2 aromatic heterocycles. The lowest BCUT2D eigenvalue weighted by Crippen LogP contribution is -2.28. The van der Waals surface area contributed by atoms with Gasteiger partial charge in [0.25, 0.3) is 5.91 Å². The molecule has 0 bridgehead atoms. The van der Waals surface area contributed by atoms with Crippen molar-refractivity contribution < 1.29 is 9.32 Å². The average molecular weight is 341 g/mol. The molecule has 6 heteroatoms. The van der Waals surface area contributed by atoms with Gasteiger partial charge < -0.3 is 9.84 Å². The van der Waals surface area contributed by atoms with E-state index in [1.54, 1.807) is 17.4 Å². The molecular formula is C18H19N3O2S. The van der Waals surface area contributed by atoms with E-state index in [1.165, 1.54) is 4.88 Å². The summed E-state index contributed by atoms with van der Waals surface area (Å²) in [4.78, 5) is 18.2. The van der Waals surface area contributed by atoms with Gasteiger partial charge in [0, 0.05) is 16.5 Å². The summed E-state index contributed by atoms with van der Waals surface area (Å²) in [7, 11) is 0. The first-order valence-corrected chi connectivity index (χ1v) is 8.67. The Morgan fingerprint density at radius 1 is 1.29 bits per heavy atom. The second-order valence-corrected chi connectivity index (χ2v) is 6.81. The van der Waals surface area contributed by atoms with E-state index >= 15 is 0 Å². The Morgan fingerprint density at radius 3 is 2.67 bits per heavy atom. The fourth-order valence-electron chi connectivity index (χ4n) is 2.34. The topological polar surface area (TPSA) is 68.0 Å². The summed E-state index contributed by atoms with van der Waals surface area (Å²) < 4.78 is 5.29. The highest BCUT2D eigenvalue weighted by atomic mass is 32.1. The minimum Gasteiger partial charge on any atom is -0.355 e. The Balaban J connectivity index is 1.75. The molecule has 3 rings (SSSR count). The maximum Gasteiger partial charge on any atom is 0.274 e. The number of amides is 1. The van der Waals surface area contributed by atoms with Crippen LogP contribution >= 0.6 is 11.3 Å². The third kappa shape index (κ3) is 3.38. The van der Waals surface area contributed by atoms with Gasteiger partial charge in [0.15, 0.2) is 11.5 Å². The molecule has 1 atom stereocenters. The molecule has 0 unspecified atom stereocenters. The number of aryl methyl sites for hydroxylation is 2. The summed E-state index contributed by atoms with van der Waals surface area (Å²) in [5.41, 5.74) is 2.18. The molecule has 0 aliphatic carbocycles. The Hall–Kier alpha value is -2.47. The van der Waals surface area contributed by atoms with Gasteiger partial charge in [0.05, 0.1) is 11.7 Å². The third-order valence-electron chi connectivity index (χ3n) is 3.86. The highest BCUT2D eigenvalue weighted by Gasteiger charge is 2.20. The zero-order valence-corrected chi connectivity index (χ0v) is 14.7. The zero-order chi connectivity index (χ0) is 17.1. The minimum atomic E-state index is -0.252. The van der Waals surface area contributed by atoms with Gasteiger partial charge in [0.1, 0.15) is 5.01 Å². The molecule has 1 amide bonds. The smallest absolute Gasteiger partial charge is 0.274 e. The summed E-state index contributed by atoms with van der Waals surface area (Å²) in [6, 6.07) is 11.1. The van der Waals surface area contributed by atoms with E-state index in [2.05, 4.69) is 15.5 Å². The van der Waals surface area contributed by atoms with Gasteiger partial charge in [0.2, 0.25) is 0 Å². The molecule has 0 fully saturated rings. The van der Waals surface area contributed by atoms with E-state index in [1.807, 2.05) is 51.1 Å². The Morgan fingerprint density at radius 2 is 2.04 bits per heavy atom. The molecular weight excluding hydrogens is 322 g/mol. The van der Waals surface area contributed by atoms with Crippen molar-refractivity contribution in [1.82, 2.24) is 15.5 Å². The van der Waals surface area contributed by atoms with Crippen molar-refractivity contribution in [2.45, 2.75) is 33.2 Å². The van der Waals surface area contributed by atoms with Crippen LogP contribution in [-0.2, 0) is 0 Å². The highest BCUT2D eigenvalue weighted by molar-refractivity contribution is 7.11. The maximum absolute atomic E-state index is 12.5. The molecule has 0 aliphatic heterocycles. The largest absolute Gasteiger partial charge is 0.355 e. The SMILES string of the molecule is CC[C@@H](NC(=O)c1cc(-c2ccccc2)on1)c1nc(C)c(C)s1. The Labute approximate surface area is 144 Å². The van der Waals surface area contributed by atoms with Crippen LogP contribution < -0.4 is 5.32 Å². The second kappa shape index (κ2) is 6.97. The number of carbonyl (C=O) groups excluding carboxylic acids is 1. The third-order valence-corrected chi connectivity index (χ3v) is 5.04. The lowest BCUT2D eigenvalue weighted by molar-refractivity contribution is 0.0926. The Bertz CT molecular complexity index is 820. The van der Waals surface area contributed by atoms with E-state index in [0.29, 0.717) is 5.76 Å². The van der Waals surface area contributed by atoms with Crippen molar-refractivity contribution in [2.75, 3.05) is 0 Å². The summed E-state index contributed by atoms with van der Waals surface area (Å²) in [6.07, 6.45) is 0.765. The van der Waals surface area contributed by atoms with Crippen molar-refractivity contribution in [3.8, 4) is 11.3 Å². The first kappa shape index (κ1) is 16.4. The lowest BCUT2D eigenvalue weighted by Gasteiger charge is -2.13. The van der Waals surface area contributed by atoms with Gasteiger partial charge in [-0.25, -0.2) is 4.98 Å². The summed E-state index contributed by atoms with van der Waals surface area (Å²) in [5.74, 6) is 0.327. The van der Waals surface area contributed by atoms with Crippen LogP contribution in [0.2, 0.25) is 0 Å². The van der Waals surface area contributed by atoms with Gasteiger partial charge in [-0.15, -0.1) is 11.3 Å². The van der Waals surface area contributed by atoms with Crippen LogP contribution in [-0.4, -0.2) is 16.0 Å². The predicted octanol–water partition coefficient (Wildman–Crippen LogP) is 4.30. The van der Waals surface area contributed by atoms with Crippen LogP contribution in [0.25, 0.3) is 11.3 Å². The zero-order valence-electron chi connectivity index (χ0n) is 13.9. The Kier molecular flexibility index (Phi) is 4.76. The number of aromatic nitrogens is 2. The molecule has 0 saturated heterocycles. The molecule has 24 heavy (non-hydrogen) atoms. The van der Waals surface area contributed by atoms with Crippen molar-refractivity contribution in [1.29, 1.82) is 0 Å². The van der Waals surface area contributed by atoms with E-state index in [9.17, 15) is 4.79 Å². The molecule has 124 valence electrons. The lowest BCUT2D eigenvalue weighted by atomic mass is 10.1. The van der Waals surface area contributed by atoms with Crippen LogP contribution in [0.15, 0.2) is 40.9 Å². The van der Waals surface area contributed by atoms with Crippen molar-refractivity contribution >= 4 is 17.2 Å². The highest BCUT2D eigenvalue weighted by Crippen LogP contribution is 2.25. The van der Waals surface area contributed by atoms with Crippen LogP contribution in [0.5, 0.6) is 0 Å². The van der Waals surface area contributed by atoms with Crippen molar-refractivity contribution in [3.05, 3.63) is 57.7 Å². The molecule has 0 saturated carbocycles. The number of carbonyl (C=O) groups is 1. The number of nitrogens with one attached hydrogen (secondary N) is 1. The monoisotopic (exact) mass is 341 g/mol. The van der Waals surface area contributed by atoms with Crippen LogP contribution in [0.1, 0.15) is 45.5 Å². The van der Waals surface area contributed by atoms with Gasteiger partial charge in [-0.1, -0.05) is 42.4 Å². The molecule has 1 aromatic carbocycles. The molecule has 0 spiro atoms. The average Bonchev–Trinajstić information content (AvgIpc) is 3.21. The molecule has 1 N–H and O–H groups in total. The molecule has 0 aliphatic rings. The normalized spacial score (nSPS) is 12.1. The first-order chi connectivity index (χ1) is 11.6. The van der Waals surface area contributed by atoms with Gasteiger partial charge in [-0.2, -0.15) is 0 Å². The number of hydrogen-bond donors (Lipinski definition) is 1. The van der Waals surface area contributed by atoms with Crippen LogP contribution in [0, 0.1) is 13.8 Å². The predicted molar refractivity (Wildman–Crippen MR) is 94.0 cm³/mol. The molecule has 5 nitrogen and oxygen atoms in total. The summed E-state index contributed by atoms with van der Waals surface area (Å²) in [5, 5.41) is 7.81. The number of rotatable bonds is 5. The van der Waals surface area contributed by atoms with E-state index in [-0.39, 0.29) is 17.6 Å². The summed E-state index contributed by atoms with van der Waals surface area (Å²) >= 11 is 1.62. The quantitative estimate of drug-likeness (QED) is 0.751. The van der Waals surface area contributed by atoms with Gasteiger partial charge in [-0.3, -0.25) is 4.79 Å². The minimum absolute atomic E-state index is 0.119. The second-order valence-electron chi connectivity index (χ2n) is 5.57. The fourth-order valence-corrected chi connectivity index (χ4v) is 3.40. The number of hydrogen-bond acceptors (Lipinski definition) is 5. The number of nitrogens with zero attached hydrogens (tertiary/aromatic N) is 2. The van der Waals surface area contributed by atoms with Crippen LogP contribution in [0.4, 0.5) is 0 Å². The first-order valence-electron chi connectivity index (χ1n) is 7.85. The fraction of sp³-hybridized carbons (Fsp3) is 0.278. The maximum atomic E-state index is 12.5. The molecule has 0 radical (unpaired) electrons. The van der Waals surface area contributed by atoms with Gasteiger partial charge >= 0.3 is 0 Å². The van der Waals surface area contributed by atoms with Crippen LogP contribution in [0.3, 0.4) is 0 Å². The van der Waals surface area contributed by atoms with E-state index in [0.717, 1.165) is 22.7 Å². The molecule has 3 aromatic rings. The standard InChI is InChI=1S/C18H19N3O2S/c1-4-14(18-19-11(2)12(3)24-18)20-17(22)15-10-16(23-21-15)13-8-6-5-7-9-13/h5-10,14H,4H2,1-3H3,(H,20,22)/t14-/m1/s1. The van der Waals surface area contributed by atoms with Gasteiger partial charge in [-0.05, 0) is 20.3 Å². The van der Waals surface area contributed by atoms with Crippen molar-refractivity contribution in [3.63, 3.8) is 0 Å². The number of thiazole rings is 1.